The molecule has 88 valence electrons. The minimum absolute atomic E-state index is 0.486. The Morgan fingerprint density at radius 3 is 2.62 bits per heavy atom. The highest BCUT2D eigenvalue weighted by atomic mass is 16.5. The van der Waals surface area contributed by atoms with E-state index >= 15 is 0 Å². The van der Waals surface area contributed by atoms with Gasteiger partial charge < -0.3 is 4.74 Å². The van der Waals surface area contributed by atoms with Crippen molar-refractivity contribution < 1.29 is 4.74 Å². The number of rotatable bonds is 4. The molecule has 1 fully saturated rings. The molecular weight excluding hydrogens is 196 g/mol. The maximum atomic E-state index is 6.06. The SMILES string of the molecule is CC(C)[C@H]1CCCC1OCc1ccccc1. The van der Waals surface area contributed by atoms with Crippen molar-refractivity contribution in [3.63, 3.8) is 0 Å². The van der Waals surface area contributed by atoms with Crippen molar-refractivity contribution >= 4 is 0 Å². The zero-order valence-electron chi connectivity index (χ0n) is 10.4. The smallest absolute Gasteiger partial charge is 0.0720 e. The molecule has 1 aromatic carbocycles. The van der Waals surface area contributed by atoms with E-state index < -0.39 is 0 Å². The molecule has 1 heteroatoms. The van der Waals surface area contributed by atoms with Crippen molar-refractivity contribution in [2.75, 3.05) is 0 Å². The van der Waals surface area contributed by atoms with Gasteiger partial charge in [0, 0.05) is 0 Å². The Kier molecular flexibility index (Phi) is 4.00. The maximum Gasteiger partial charge on any atom is 0.0720 e. The summed E-state index contributed by atoms with van der Waals surface area (Å²) in [6.07, 6.45) is 4.41. The van der Waals surface area contributed by atoms with Crippen LogP contribution in [0, 0.1) is 11.8 Å². The molecule has 0 saturated heterocycles. The molecule has 0 aromatic heterocycles. The molecule has 0 aliphatic heterocycles. The second kappa shape index (κ2) is 5.49. The molecule has 0 N–H and O–H groups in total. The van der Waals surface area contributed by atoms with Gasteiger partial charge >= 0.3 is 0 Å². The van der Waals surface area contributed by atoms with Gasteiger partial charge in [0.1, 0.15) is 0 Å². The summed E-state index contributed by atoms with van der Waals surface area (Å²) in [5.74, 6) is 1.52. The van der Waals surface area contributed by atoms with Crippen LogP contribution in [-0.2, 0) is 11.3 Å². The molecule has 0 amide bonds. The van der Waals surface area contributed by atoms with Crippen molar-refractivity contribution in [1.29, 1.82) is 0 Å². The van der Waals surface area contributed by atoms with Crippen LogP contribution in [0.1, 0.15) is 38.7 Å². The first-order chi connectivity index (χ1) is 7.77. The number of ether oxygens (including phenoxy) is 1. The standard InChI is InChI=1S/C15H22O/c1-12(2)14-9-6-10-15(14)16-11-13-7-4-3-5-8-13/h3-5,7-8,12,14-15H,6,9-11H2,1-2H3/t14-,15?/m1/s1. The van der Waals surface area contributed by atoms with E-state index in [-0.39, 0.29) is 0 Å². The first-order valence-corrected chi connectivity index (χ1v) is 6.43. The lowest BCUT2D eigenvalue weighted by atomic mass is 9.92. The van der Waals surface area contributed by atoms with Crippen LogP contribution in [0.3, 0.4) is 0 Å². The van der Waals surface area contributed by atoms with E-state index in [1.54, 1.807) is 0 Å². The lowest BCUT2D eigenvalue weighted by molar-refractivity contribution is 0.00355. The lowest BCUT2D eigenvalue weighted by Crippen LogP contribution is -2.22. The molecule has 0 heterocycles. The molecule has 1 aliphatic carbocycles. The van der Waals surface area contributed by atoms with Crippen LogP contribution in [0.5, 0.6) is 0 Å². The first-order valence-electron chi connectivity index (χ1n) is 6.43. The second-order valence-corrected chi connectivity index (χ2v) is 5.17. The Balaban J connectivity index is 1.86. The zero-order valence-corrected chi connectivity index (χ0v) is 10.4. The van der Waals surface area contributed by atoms with E-state index in [4.69, 9.17) is 4.74 Å². The lowest BCUT2D eigenvalue weighted by Gasteiger charge is -2.23. The molecule has 1 nitrogen and oxygen atoms in total. The quantitative estimate of drug-likeness (QED) is 0.741. The minimum atomic E-state index is 0.486. The number of hydrogen-bond acceptors (Lipinski definition) is 1. The van der Waals surface area contributed by atoms with Gasteiger partial charge in [0.05, 0.1) is 12.7 Å². The van der Waals surface area contributed by atoms with Crippen LogP contribution in [0.15, 0.2) is 30.3 Å². The van der Waals surface area contributed by atoms with Gasteiger partial charge in [-0.05, 0) is 30.2 Å². The van der Waals surface area contributed by atoms with Gasteiger partial charge in [-0.2, -0.15) is 0 Å². The fourth-order valence-corrected chi connectivity index (χ4v) is 2.70. The molecule has 2 rings (SSSR count). The van der Waals surface area contributed by atoms with Gasteiger partial charge in [-0.1, -0.05) is 50.6 Å². The Morgan fingerprint density at radius 2 is 1.94 bits per heavy atom. The third kappa shape index (κ3) is 2.85. The minimum Gasteiger partial charge on any atom is -0.373 e. The zero-order chi connectivity index (χ0) is 11.4. The van der Waals surface area contributed by atoms with Crippen LogP contribution < -0.4 is 0 Å². The number of benzene rings is 1. The fourth-order valence-electron chi connectivity index (χ4n) is 2.70. The highest BCUT2D eigenvalue weighted by molar-refractivity contribution is 5.13. The van der Waals surface area contributed by atoms with Crippen LogP contribution in [-0.4, -0.2) is 6.10 Å². The van der Waals surface area contributed by atoms with Crippen molar-refractivity contribution in [1.82, 2.24) is 0 Å². The monoisotopic (exact) mass is 218 g/mol. The van der Waals surface area contributed by atoms with E-state index in [1.807, 2.05) is 0 Å². The summed E-state index contributed by atoms with van der Waals surface area (Å²) in [5, 5.41) is 0. The van der Waals surface area contributed by atoms with E-state index in [0.717, 1.165) is 18.4 Å². The summed E-state index contributed by atoms with van der Waals surface area (Å²) in [7, 11) is 0. The van der Waals surface area contributed by atoms with Crippen molar-refractivity contribution in [2.24, 2.45) is 11.8 Å². The topological polar surface area (TPSA) is 9.23 Å². The molecular formula is C15H22O. The second-order valence-electron chi connectivity index (χ2n) is 5.17. The van der Waals surface area contributed by atoms with Gasteiger partial charge in [0.25, 0.3) is 0 Å². The molecule has 0 bridgehead atoms. The number of hydrogen-bond donors (Lipinski definition) is 0. The van der Waals surface area contributed by atoms with Crippen molar-refractivity contribution in [3.8, 4) is 0 Å². The highest BCUT2D eigenvalue weighted by Gasteiger charge is 2.30. The van der Waals surface area contributed by atoms with Gasteiger partial charge in [0.15, 0.2) is 0 Å². The molecule has 1 aromatic rings. The van der Waals surface area contributed by atoms with E-state index in [0.29, 0.717) is 6.10 Å². The predicted molar refractivity (Wildman–Crippen MR) is 67.2 cm³/mol. The van der Waals surface area contributed by atoms with Crippen molar-refractivity contribution in [3.05, 3.63) is 35.9 Å². The maximum absolute atomic E-state index is 6.06. The Morgan fingerprint density at radius 1 is 1.19 bits per heavy atom. The average molecular weight is 218 g/mol. The Labute approximate surface area is 98.8 Å². The summed E-state index contributed by atoms with van der Waals surface area (Å²) in [4.78, 5) is 0. The largest absolute Gasteiger partial charge is 0.373 e. The van der Waals surface area contributed by atoms with Crippen LogP contribution in [0.25, 0.3) is 0 Å². The Bertz CT molecular complexity index is 304. The summed E-state index contributed by atoms with van der Waals surface area (Å²) >= 11 is 0. The first kappa shape index (κ1) is 11.7. The van der Waals surface area contributed by atoms with E-state index in [1.165, 1.54) is 24.8 Å². The van der Waals surface area contributed by atoms with Gasteiger partial charge in [-0.15, -0.1) is 0 Å². The molecule has 1 saturated carbocycles. The molecule has 16 heavy (non-hydrogen) atoms. The predicted octanol–water partition coefficient (Wildman–Crippen LogP) is 4.03. The normalized spacial score (nSPS) is 25.2. The van der Waals surface area contributed by atoms with Crippen LogP contribution in [0.4, 0.5) is 0 Å². The molecule has 0 spiro atoms. The van der Waals surface area contributed by atoms with Gasteiger partial charge in [-0.25, -0.2) is 0 Å². The average Bonchev–Trinajstić information content (AvgIpc) is 2.76. The molecule has 2 atom stereocenters. The third-order valence-corrected chi connectivity index (χ3v) is 3.67. The van der Waals surface area contributed by atoms with Gasteiger partial charge in [-0.3, -0.25) is 0 Å². The van der Waals surface area contributed by atoms with Crippen LogP contribution >= 0.6 is 0 Å². The van der Waals surface area contributed by atoms with Crippen LogP contribution in [0.2, 0.25) is 0 Å². The molecule has 0 radical (unpaired) electrons. The molecule has 1 unspecified atom stereocenters. The Hall–Kier alpha value is -0.820. The van der Waals surface area contributed by atoms with E-state index in [2.05, 4.69) is 44.2 Å². The van der Waals surface area contributed by atoms with Gasteiger partial charge in [0.2, 0.25) is 0 Å². The fraction of sp³-hybridized carbons (Fsp3) is 0.600. The van der Waals surface area contributed by atoms with E-state index in [9.17, 15) is 0 Å². The molecule has 1 aliphatic rings. The summed E-state index contributed by atoms with van der Waals surface area (Å²) in [5.41, 5.74) is 1.29. The summed E-state index contributed by atoms with van der Waals surface area (Å²) < 4.78 is 6.06. The van der Waals surface area contributed by atoms with Crippen molar-refractivity contribution in [2.45, 2.75) is 45.8 Å². The highest BCUT2D eigenvalue weighted by Crippen LogP contribution is 2.34. The summed E-state index contributed by atoms with van der Waals surface area (Å²) in [6, 6.07) is 10.5. The third-order valence-electron chi connectivity index (χ3n) is 3.67. The summed E-state index contributed by atoms with van der Waals surface area (Å²) in [6.45, 7) is 5.40.